The van der Waals surface area contributed by atoms with Crippen molar-refractivity contribution in [3.8, 4) is 17.6 Å². The Kier molecular flexibility index (Phi) is 14.3. The van der Waals surface area contributed by atoms with Gasteiger partial charge in [0.15, 0.2) is 0 Å². The van der Waals surface area contributed by atoms with Gasteiger partial charge >= 0.3 is 18.0 Å². The Balaban J connectivity index is 1.30. The Morgan fingerprint density at radius 3 is 2.00 bits per heavy atom. The van der Waals surface area contributed by atoms with Gasteiger partial charge in [-0.2, -0.15) is 14.0 Å². The van der Waals surface area contributed by atoms with Crippen LogP contribution in [0.15, 0.2) is 72.8 Å². The predicted molar refractivity (Wildman–Crippen MR) is 171 cm³/mol. The van der Waals surface area contributed by atoms with Gasteiger partial charge in [-0.05, 0) is 111 Å². The number of rotatable bonds is 19. The number of nitrogens with zero attached hydrogens (tertiary/aromatic N) is 1. The van der Waals surface area contributed by atoms with E-state index in [1.54, 1.807) is 18.2 Å². The molecular weight excluding hydrogens is 596 g/mol. The first-order chi connectivity index (χ1) is 22.2. The molecular formula is C35H39F2N3O6. The summed E-state index contributed by atoms with van der Waals surface area (Å²) >= 11 is 0. The van der Waals surface area contributed by atoms with E-state index in [1.165, 1.54) is 60.7 Å². The summed E-state index contributed by atoms with van der Waals surface area (Å²) in [5.74, 6) is -0.559. The van der Waals surface area contributed by atoms with Crippen LogP contribution in [0.25, 0.3) is 6.08 Å². The number of hydrogen-bond acceptors (Lipinski definition) is 9. The lowest BCUT2D eigenvalue weighted by molar-refractivity contribution is -0.185. The molecule has 9 nitrogen and oxygen atoms in total. The molecule has 0 saturated carbocycles. The second-order valence-corrected chi connectivity index (χ2v) is 10.5. The quantitative estimate of drug-likeness (QED) is 0.0594. The van der Waals surface area contributed by atoms with Crippen LogP contribution in [0.4, 0.5) is 20.2 Å². The number of benzene rings is 3. The molecule has 0 radical (unpaired) electrons. The van der Waals surface area contributed by atoms with Crippen molar-refractivity contribution in [2.24, 2.45) is 0 Å². The third-order valence-electron chi connectivity index (χ3n) is 6.66. The van der Waals surface area contributed by atoms with Crippen LogP contribution < -0.4 is 20.9 Å². The monoisotopic (exact) mass is 635 g/mol. The SMILES string of the molecule is N#CCCCCCOc1ccc(C(F)(F)Oc2ccc(C=CC(=O)OCCCCCCOC(=O)c3cc(N)cc(N)c3)cc2)cc1. The minimum atomic E-state index is -3.56. The number of alkyl halides is 2. The number of nitriles is 1. The van der Waals surface area contributed by atoms with Crippen LogP contribution in [0, 0.1) is 11.3 Å². The average Bonchev–Trinajstić information content (AvgIpc) is 3.03. The summed E-state index contributed by atoms with van der Waals surface area (Å²) < 4.78 is 50.4. The van der Waals surface area contributed by atoms with Crippen LogP contribution in [0.1, 0.15) is 72.9 Å². The Morgan fingerprint density at radius 2 is 1.35 bits per heavy atom. The number of anilines is 2. The third-order valence-corrected chi connectivity index (χ3v) is 6.66. The first-order valence-electron chi connectivity index (χ1n) is 15.1. The third kappa shape index (κ3) is 12.9. The molecule has 0 aromatic heterocycles. The Bertz CT molecular complexity index is 1450. The zero-order valence-electron chi connectivity index (χ0n) is 25.6. The van der Waals surface area contributed by atoms with Gasteiger partial charge in [0.1, 0.15) is 11.5 Å². The van der Waals surface area contributed by atoms with E-state index in [0.29, 0.717) is 54.1 Å². The van der Waals surface area contributed by atoms with Gasteiger partial charge in [0.25, 0.3) is 0 Å². The van der Waals surface area contributed by atoms with Crippen molar-refractivity contribution in [3.05, 3.63) is 89.5 Å². The molecule has 0 heterocycles. The molecule has 0 unspecified atom stereocenters. The average molecular weight is 636 g/mol. The molecule has 0 bridgehead atoms. The van der Waals surface area contributed by atoms with Crippen molar-refractivity contribution in [3.63, 3.8) is 0 Å². The molecule has 3 rings (SSSR count). The maximum Gasteiger partial charge on any atom is 0.426 e. The van der Waals surface area contributed by atoms with Gasteiger partial charge in [0, 0.05) is 23.9 Å². The maximum atomic E-state index is 14.7. The highest BCUT2D eigenvalue weighted by Gasteiger charge is 2.34. The Morgan fingerprint density at radius 1 is 0.761 bits per heavy atom. The van der Waals surface area contributed by atoms with E-state index in [9.17, 15) is 18.4 Å². The van der Waals surface area contributed by atoms with Gasteiger partial charge in [-0.3, -0.25) is 0 Å². The summed E-state index contributed by atoms with van der Waals surface area (Å²) in [6.07, 6.45) is 5.08. The van der Waals surface area contributed by atoms with E-state index in [2.05, 4.69) is 6.07 Å². The molecule has 11 heteroatoms. The number of halogens is 2. The molecule has 46 heavy (non-hydrogen) atoms. The largest absolute Gasteiger partial charge is 0.494 e. The highest BCUT2D eigenvalue weighted by molar-refractivity contribution is 5.91. The molecule has 0 atom stereocenters. The smallest absolute Gasteiger partial charge is 0.426 e. The molecule has 3 aromatic carbocycles. The van der Waals surface area contributed by atoms with Gasteiger partial charge < -0.3 is 30.4 Å². The normalized spacial score (nSPS) is 11.2. The van der Waals surface area contributed by atoms with Gasteiger partial charge in [-0.15, -0.1) is 0 Å². The minimum absolute atomic E-state index is 0.0355. The van der Waals surface area contributed by atoms with E-state index in [1.807, 2.05) is 0 Å². The number of nitrogens with two attached hydrogens (primary N) is 2. The standard InChI is InChI=1S/C35H39F2N3O6/c36-35(37,28-12-16-31(17-13-28)43-20-6-2-1-5-19-38)46-32-14-9-26(10-15-32)11-18-33(41)44-21-7-3-4-8-22-45-34(42)27-23-29(39)25-30(40)24-27/h9-18,23-25H,1-8,20-22,39-40H2. The van der Waals surface area contributed by atoms with E-state index in [-0.39, 0.29) is 24.5 Å². The molecule has 0 aliphatic heterocycles. The highest BCUT2D eigenvalue weighted by Crippen LogP contribution is 2.32. The molecule has 0 saturated heterocycles. The second-order valence-electron chi connectivity index (χ2n) is 10.5. The fraction of sp³-hybridized carbons (Fsp3) is 0.343. The van der Waals surface area contributed by atoms with E-state index < -0.39 is 18.0 Å². The molecule has 0 spiro atoms. The summed E-state index contributed by atoms with van der Waals surface area (Å²) in [5.41, 5.74) is 12.8. The molecule has 3 aromatic rings. The summed E-state index contributed by atoms with van der Waals surface area (Å²) in [7, 11) is 0. The molecule has 0 aliphatic carbocycles. The van der Waals surface area contributed by atoms with Gasteiger partial charge in [-0.25, -0.2) is 9.59 Å². The van der Waals surface area contributed by atoms with Gasteiger partial charge in [0.05, 0.1) is 37.0 Å². The number of nitrogen functional groups attached to an aromatic ring is 2. The number of unbranched alkanes of at least 4 members (excludes halogenated alkanes) is 6. The number of carbonyl (C=O) groups is 2. The fourth-order valence-electron chi connectivity index (χ4n) is 4.26. The van der Waals surface area contributed by atoms with Gasteiger partial charge in [-0.1, -0.05) is 12.1 Å². The van der Waals surface area contributed by atoms with E-state index in [4.69, 9.17) is 35.7 Å². The van der Waals surface area contributed by atoms with Crippen LogP contribution in [0.2, 0.25) is 0 Å². The molecule has 0 amide bonds. The first-order valence-corrected chi connectivity index (χ1v) is 15.1. The van der Waals surface area contributed by atoms with Crippen molar-refractivity contribution in [1.82, 2.24) is 0 Å². The van der Waals surface area contributed by atoms with Crippen molar-refractivity contribution in [1.29, 1.82) is 5.26 Å². The lowest BCUT2D eigenvalue weighted by Gasteiger charge is -2.18. The number of carbonyl (C=O) groups excluding carboxylic acids is 2. The van der Waals surface area contributed by atoms with Gasteiger partial charge in [0.2, 0.25) is 0 Å². The van der Waals surface area contributed by atoms with Crippen molar-refractivity contribution in [2.45, 2.75) is 57.5 Å². The lowest BCUT2D eigenvalue weighted by atomic mass is 10.2. The van der Waals surface area contributed by atoms with E-state index in [0.717, 1.165) is 32.1 Å². The minimum Gasteiger partial charge on any atom is -0.494 e. The van der Waals surface area contributed by atoms with Crippen molar-refractivity contribution >= 4 is 29.4 Å². The van der Waals surface area contributed by atoms with Crippen molar-refractivity contribution < 1.29 is 37.3 Å². The van der Waals surface area contributed by atoms with Crippen LogP contribution in [0.5, 0.6) is 11.5 Å². The van der Waals surface area contributed by atoms with Crippen LogP contribution in [-0.2, 0) is 20.4 Å². The summed E-state index contributed by atoms with van der Waals surface area (Å²) in [5, 5.41) is 8.54. The van der Waals surface area contributed by atoms with Crippen LogP contribution >= 0.6 is 0 Å². The predicted octanol–water partition coefficient (Wildman–Crippen LogP) is 7.42. The summed E-state index contributed by atoms with van der Waals surface area (Å²) in [6, 6.07) is 18.0. The first kappa shape index (κ1) is 35.4. The zero-order valence-corrected chi connectivity index (χ0v) is 25.6. The Labute approximate surface area is 267 Å². The van der Waals surface area contributed by atoms with E-state index >= 15 is 0 Å². The second kappa shape index (κ2) is 18.6. The topological polar surface area (TPSA) is 147 Å². The molecule has 244 valence electrons. The van der Waals surface area contributed by atoms with Crippen LogP contribution in [0.3, 0.4) is 0 Å². The van der Waals surface area contributed by atoms with Crippen molar-refractivity contribution in [2.75, 3.05) is 31.3 Å². The number of hydrogen-bond donors (Lipinski definition) is 2. The lowest BCUT2D eigenvalue weighted by Crippen LogP contribution is -2.21. The molecule has 0 fully saturated rings. The number of esters is 2. The Hall–Kier alpha value is -5.11. The highest BCUT2D eigenvalue weighted by atomic mass is 19.3. The summed E-state index contributed by atoms with van der Waals surface area (Å²) in [6.45, 7) is 0.943. The zero-order chi connectivity index (χ0) is 33.2. The molecule has 4 N–H and O–H groups in total. The van der Waals surface area contributed by atoms with Crippen LogP contribution in [-0.4, -0.2) is 31.8 Å². The number of ether oxygens (including phenoxy) is 4. The fourth-order valence-corrected chi connectivity index (χ4v) is 4.26. The summed E-state index contributed by atoms with van der Waals surface area (Å²) in [4.78, 5) is 24.1. The maximum absolute atomic E-state index is 14.7. The molecule has 0 aliphatic rings.